The molecule has 1 saturated heterocycles. The molecule has 0 aliphatic carbocycles. The van der Waals surface area contributed by atoms with E-state index in [1.165, 1.54) is 0 Å². The standard InChI is InChI=1S/C24H25N3O2/c28-24(29-18-19-9-3-1-4-10-19)27-16-8-7-13-22(27)20-14-15-23(25-17-20)26-21-11-5-2-6-12-21/h1-6,9-12,14-15,17,22H,7-8,13,16,18H2,(H,25,26)/t22-/m1/s1. The van der Waals surface area contributed by atoms with Crippen LogP contribution in [0.1, 0.15) is 36.4 Å². The zero-order valence-electron chi connectivity index (χ0n) is 16.3. The van der Waals surface area contributed by atoms with Gasteiger partial charge in [0.2, 0.25) is 0 Å². The van der Waals surface area contributed by atoms with Crippen LogP contribution in [0.25, 0.3) is 0 Å². The van der Waals surface area contributed by atoms with E-state index in [0.29, 0.717) is 13.2 Å². The molecule has 0 unspecified atom stereocenters. The van der Waals surface area contributed by atoms with Gasteiger partial charge in [-0.2, -0.15) is 0 Å². The van der Waals surface area contributed by atoms with Crippen molar-refractivity contribution < 1.29 is 9.53 Å². The number of carbonyl (C=O) groups is 1. The predicted octanol–water partition coefficient (Wildman–Crippen LogP) is 5.69. The second-order valence-electron chi connectivity index (χ2n) is 7.21. The zero-order chi connectivity index (χ0) is 19.9. The lowest BCUT2D eigenvalue weighted by Crippen LogP contribution is -2.38. The molecule has 148 valence electrons. The van der Waals surface area contributed by atoms with E-state index in [2.05, 4.69) is 10.3 Å². The van der Waals surface area contributed by atoms with E-state index in [1.807, 2.05) is 83.9 Å². The monoisotopic (exact) mass is 387 g/mol. The highest BCUT2D eigenvalue weighted by Crippen LogP contribution is 2.31. The van der Waals surface area contributed by atoms with E-state index < -0.39 is 0 Å². The maximum absolute atomic E-state index is 12.7. The number of hydrogen-bond acceptors (Lipinski definition) is 4. The van der Waals surface area contributed by atoms with Crippen LogP contribution in [0.3, 0.4) is 0 Å². The van der Waals surface area contributed by atoms with Crippen LogP contribution in [0.5, 0.6) is 0 Å². The second kappa shape index (κ2) is 9.24. The lowest BCUT2D eigenvalue weighted by molar-refractivity contribution is 0.0678. The number of piperidine rings is 1. The molecule has 1 aliphatic heterocycles. The van der Waals surface area contributed by atoms with Gasteiger partial charge >= 0.3 is 6.09 Å². The minimum atomic E-state index is -0.259. The molecule has 3 aromatic rings. The largest absolute Gasteiger partial charge is 0.445 e. The number of ether oxygens (including phenoxy) is 1. The number of hydrogen-bond donors (Lipinski definition) is 1. The fraction of sp³-hybridized carbons (Fsp3) is 0.250. The minimum Gasteiger partial charge on any atom is -0.445 e. The van der Waals surface area contributed by atoms with E-state index in [-0.39, 0.29) is 12.1 Å². The number of pyridine rings is 1. The molecule has 1 N–H and O–H groups in total. The molecule has 4 rings (SSSR count). The maximum Gasteiger partial charge on any atom is 0.410 e. The molecule has 1 amide bonds. The van der Waals surface area contributed by atoms with Crippen molar-refractivity contribution >= 4 is 17.6 Å². The predicted molar refractivity (Wildman–Crippen MR) is 114 cm³/mol. The molecule has 0 bridgehead atoms. The van der Waals surface area contributed by atoms with Crippen LogP contribution < -0.4 is 5.32 Å². The van der Waals surface area contributed by atoms with Gasteiger partial charge in [0, 0.05) is 18.4 Å². The van der Waals surface area contributed by atoms with Gasteiger partial charge < -0.3 is 15.0 Å². The molecule has 29 heavy (non-hydrogen) atoms. The van der Waals surface area contributed by atoms with Crippen molar-refractivity contribution in [2.24, 2.45) is 0 Å². The molecule has 1 fully saturated rings. The van der Waals surface area contributed by atoms with Crippen LogP contribution in [-0.2, 0) is 11.3 Å². The number of likely N-dealkylation sites (tertiary alicyclic amines) is 1. The number of amides is 1. The first-order valence-electron chi connectivity index (χ1n) is 10.0. The molecule has 1 aromatic heterocycles. The molecule has 0 spiro atoms. The molecule has 1 aliphatic rings. The Bertz CT molecular complexity index is 914. The van der Waals surface area contributed by atoms with Gasteiger partial charge in [0.05, 0.1) is 6.04 Å². The lowest BCUT2D eigenvalue weighted by atomic mass is 9.97. The van der Waals surface area contributed by atoms with Gasteiger partial charge in [-0.25, -0.2) is 9.78 Å². The van der Waals surface area contributed by atoms with Crippen molar-refractivity contribution in [1.29, 1.82) is 0 Å². The zero-order valence-corrected chi connectivity index (χ0v) is 16.3. The molecule has 1 atom stereocenters. The highest BCUT2D eigenvalue weighted by molar-refractivity contribution is 5.68. The first-order valence-corrected chi connectivity index (χ1v) is 10.0. The maximum atomic E-state index is 12.7. The summed E-state index contributed by atoms with van der Waals surface area (Å²) in [6.07, 6.45) is 4.62. The molecular weight excluding hydrogens is 362 g/mol. The smallest absolute Gasteiger partial charge is 0.410 e. The van der Waals surface area contributed by atoms with Crippen LogP contribution in [0.4, 0.5) is 16.3 Å². The Morgan fingerprint density at radius 3 is 2.48 bits per heavy atom. The van der Waals surface area contributed by atoms with Crippen LogP contribution in [0, 0.1) is 0 Å². The van der Waals surface area contributed by atoms with Crippen molar-refractivity contribution in [3.63, 3.8) is 0 Å². The van der Waals surface area contributed by atoms with Crippen molar-refractivity contribution in [2.45, 2.75) is 31.9 Å². The SMILES string of the molecule is O=C(OCc1ccccc1)N1CCCC[C@@H]1c1ccc(Nc2ccccc2)nc1. The Labute approximate surface area is 171 Å². The third kappa shape index (κ3) is 4.93. The van der Waals surface area contributed by atoms with Crippen molar-refractivity contribution in [2.75, 3.05) is 11.9 Å². The topological polar surface area (TPSA) is 54.5 Å². The highest BCUT2D eigenvalue weighted by Gasteiger charge is 2.29. The van der Waals surface area contributed by atoms with Gasteiger partial charge in [-0.1, -0.05) is 54.6 Å². The van der Waals surface area contributed by atoms with Crippen LogP contribution in [0.15, 0.2) is 79.0 Å². The number of nitrogens with zero attached hydrogens (tertiary/aromatic N) is 2. The summed E-state index contributed by atoms with van der Waals surface area (Å²) >= 11 is 0. The summed E-state index contributed by atoms with van der Waals surface area (Å²) in [5, 5.41) is 3.29. The van der Waals surface area contributed by atoms with Gasteiger partial charge in [0.25, 0.3) is 0 Å². The number of nitrogens with one attached hydrogen (secondary N) is 1. The van der Waals surface area contributed by atoms with Crippen LogP contribution in [-0.4, -0.2) is 22.5 Å². The Balaban J connectivity index is 1.42. The summed E-state index contributed by atoms with van der Waals surface area (Å²) in [6.45, 7) is 1.00. The average Bonchev–Trinajstić information content (AvgIpc) is 2.79. The van der Waals surface area contributed by atoms with Gasteiger partial charge in [-0.05, 0) is 48.6 Å². The number of benzene rings is 2. The molecule has 0 radical (unpaired) electrons. The first kappa shape index (κ1) is 19.0. The second-order valence-corrected chi connectivity index (χ2v) is 7.21. The van der Waals surface area contributed by atoms with Crippen molar-refractivity contribution in [3.05, 3.63) is 90.1 Å². The fourth-order valence-corrected chi connectivity index (χ4v) is 3.64. The number of aromatic nitrogens is 1. The van der Waals surface area contributed by atoms with Gasteiger partial charge in [0.1, 0.15) is 12.4 Å². The molecule has 5 heteroatoms. The molecule has 0 saturated carbocycles. The summed E-state index contributed by atoms with van der Waals surface area (Å²) in [7, 11) is 0. The Kier molecular flexibility index (Phi) is 6.05. The molecule has 2 aromatic carbocycles. The number of carbonyl (C=O) groups excluding carboxylic acids is 1. The van der Waals surface area contributed by atoms with Crippen molar-refractivity contribution in [1.82, 2.24) is 9.88 Å². The van der Waals surface area contributed by atoms with E-state index in [0.717, 1.165) is 41.9 Å². The Morgan fingerprint density at radius 2 is 1.76 bits per heavy atom. The summed E-state index contributed by atoms with van der Waals surface area (Å²) in [5.41, 5.74) is 3.03. The van der Waals surface area contributed by atoms with Crippen LogP contribution in [0.2, 0.25) is 0 Å². The third-order valence-corrected chi connectivity index (χ3v) is 5.16. The van der Waals surface area contributed by atoms with E-state index >= 15 is 0 Å². The number of para-hydroxylation sites is 1. The highest BCUT2D eigenvalue weighted by atomic mass is 16.6. The number of rotatable bonds is 5. The van der Waals surface area contributed by atoms with E-state index in [9.17, 15) is 4.79 Å². The first-order chi connectivity index (χ1) is 14.3. The minimum absolute atomic E-state index is 0.00491. The fourth-order valence-electron chi connectivity index (χ4n) is 3.64. The molecule has 2 heterocycles. The summed E-state index contributed by atoms with van der Waals surface area (Å²) in [5.74, 6) is 0.786. The third-order valence-electron chi connectivity index (χ3n) is 5.16. The lowest BCUT2D eigenvalue weighted by Gasteiger charge is -2.35. The van der Waals surface area contributed by atoms with Crippen molar-refractivity contribution in [3.8, 4) is 0 Å². The number of anilines is 2. The van der Waals surface area contributed by atoms with E-state index in [4.69, 9.17) is 4.74 Å². The van der Waals surface area contributed by atoms with Gasteiger partial charge in [-0.3, -0.25) is 0 Å². The quantitative estimate of drug-likeness (QED) is 0.611. The van der Waals surface area contributed by atoms with Gasteiger partial charge in [0.15, 0.2) is 0 Å². The molecular formula is C24H25N3O2. The van der Waals surface area contributed by atoms with Gasteiger partial charge in [-0.15, -0.1) is 0 Å². The average molecular weight is 387 g/mol. The normalized spacial score (nSPS) is 16.3. The molecule has 5 nitrogen and oxygen atoms in total. The summed E-state index contributed by atoms with van der Waals surface area (Å²) < 4.78 is 5.58. The van der Waals surface area contributed by atoms with E-state index in [1.54, 1.807) is 0 Å². The summed E-state index contributed by atoms with van der Waals surface area (Å²) in [4.78, 5) is 19.1. The van der Waals surface area contributed by atoms with Crippen LogP contribution >= 0.6 is 0 Å². The Morgan fingerprint density at radius 1 is 1.00 bits per heavy atom. The summed E-state index contributed by atoms with van der Waals surface area (Å²) in [6, 6.07) is 23.7. The Hall–Kier alpha value is -3.34.